The third-order valence-electron chi connectivity index (χ3n) is 3.31. The molecule has 1 fully saturated rings. The number of hydrogen-bond donors (Lipinski definition) is 1. The SMILES string of the molecule is CCNCc1ccc(N2CCOC(C)(C)C2)cc1. The first-order valence-electron chi connectivity index (χ1n) is 6.79. The Kier molecular flexibility index (Phi) is 4.25. The highest BCUT2D eigenvalue weighted by molar-refractivity contribution is 5.48. The molecule has 0 aromatic heterocycles. The molecule has 1 aliphatic rings. The number of nitrogens with zero attached hydrogens (tertiary/aromatic N) is 1. The summed E-state index contributed by atoms with van der Waals surface area (Å²) in [5.41, 5.74) is 2.60. The van der Waals surface area contributed by atoms with Gasteiger partial charge in [-0.1, -0.05) is 19.1 Å². The van der Waals surface area contributed by atoms with Gasteiger partial charge in [-0.3, -0.25) is 0 Å². The molecule has 1 aromatic carbocycles. The van der Waals surface area contributed by atoms with Gasteiger partial charge in [0.2, 0.25) is 0 Å². The lowest BCUT2D eigenvalue weighted by molar-refractivity contribution is -0.0276. The van der Waals surface area contributed by atoms with Gasteiger partial charge in [0.05, 0.1) is 12.2 Å². The zero-order valence-corrected chi connectivity index (χ0v) is 11.7. The molecule has 3 nitrogen and oxygen atoms in total. The molecule has 0 bridgehead atoms. The highest BCUT2D eigenvalue weighted by atomic mass is 16.5. The zero-order chi connectivity index (χ0) is 13.0. The fourth-order valence-corrected chi connectivity index (χ4v) is 2.33. The van der Waals surface area contributed by atoms with E-state index >= 15 is 0 Å². The second-order valence-corrected chi connectivity index (χ2v) is 5.48. The molecule has 1 aliphatic heterocycles. The van der Waals surface area contributed by atoms with Gasteiger partial charge < -0.3 is 15.0 Å². The molecule has 1 heterocycles. The molecule has 0 unspecified atom stereocenters. The van der Waals surface area contributed by atoms with E-state index in [0.717, 1.165) is 32.8 Å². The predicted octanol–water partition coefficient (Wildman–Crippen LogP) is 2.41. The minimum absolute atomic E-state index is 0.0410. The molecule has 0 amide bonds. The first-order chi connectivity index (χ1) is 8.61. The maximum atomic E-state index is 5.74. The molecule has 0 radical (unpaired) electrons. The Hall–Kier alpha value is -1.06. The summed E-state index contributed by atoms with van der Waals surface area (Å²) in [5, 5.41) is 3.34. The van der Waals surface area contributed by atoms with E-state index in [1.165, 1.54) is 11.3 Å². The van der Waals surface area contributed by atoms with Crippen LogP contribution in [0.2, 0.25) is 0 Å². The molecule has 1 saturated heterocycles. The van der Waals surface area contributed by atoms with Gasteiger partial charge >= 0.3 is 0 Å². The van der Waals surface area contributed by atoms with Crippen molar-refractivity contribution in [3.8, 4) is 0 Å². The molecule has 100 valence electrons. The van der Waals surface area contributed by atoms with Gasteiger partial charge in [-0.25, -0.2) is 0 Å². The van der Waals surface area contributed by atoms with Crippen LogP contribution in [0.3, 0.4) is 0 Å². The van der Waals surface area contributed by atoms with Crippen molar-refractivity contribution in [2.24, 2.45) is 0 Å². The summed E-state index contributed by atoms with van der Waals surface area (Å²) < 4.78 is 5.74. The van der Waals surface area contributed by atoms with Crippen LogP contribution in [0.1, 0.15) is 26.3 Å². The zero-order valence-electron chi connectivity index (χ0n) is 11.7. The van der Waals surface area contributed by atoms with Crippen molar-refractivity contribution in [2.45, 2.75) is 32.9 Å². The Balaban J connectivity index is 2.00. The molecule has 2 rings (SSSR count). The van der Waals surface area contributed by atoms with E-state index in [9.17, 15) is 0 Å². The normalized spacial score (nSPS) is 18.9. The third kappa shape index (κ3) is 3.47. The number of ether oxygens (including phenoxy) is 1. The van der Waals surface area contributed by atoms with Crippen LogP contribution in [0.5, 0.6) is 0 Å². The van der Waals surface area contributed by atoms with E-state index in [1.807, 2.05) is 0 Å². The Labute approximate surface area is 110 Å². The lowest BCUT2D eigenvalue weighted by atomic mass is 10.1. The lowest BCUT2D eigenvalue weighted by Gasteiger charge is -2.39. The van der Waals surface area contributed by atoms with Crippen molar-refractivity contribution in [3.05, 3.63) is 29.8 Å². The van der Waals surface area contributed by atoms with Crippen LogP contribution in [-0.4, -0.2) is 31.8 Å². The molecular formula is C15H24N2O. The highest BCUT2D eigenvalue weighted by Gasteiger charge is 2.27. The predicted molar refractivity (Wildman–Crippen MR) is 76.1 cm³/mol. The number of rotatable bonds is 4. The number of benzene rings is 1. The van der Waals surface area contributed by atoms with Crippen LogP contribution in [-0.2, 0) is 11.3 Å². The largest absolute Gasteiger partial charge is 0.372 e. The molecule has 18 heavy (non-hydrogen) atoms. The van der Waals surface area contributed by atoms with Gasteiger partial charge in [0.1, 0.15) is 0 Å². The van der Waals surface area contributed by atoms with Gasteiger partial charge in [0, 0.05) is 25.3 Å². The summed E-state index contributed by atoms with van der Waals surface area (Å²) in [6.07, 6.45) is 0. The summed E-state index contributed by atoms with van der Waals surface area (Å²) >= 11 is 0. The minimum atomic E-state index is -0.0410. The van der Waals surface area contributed by atoms with Crippen LogP contribution < -0.4 is 10.2 Å². The minimum Gasteiger partial charge on any atom is -0.372 e. The number of hydrogen-bond acceptors (Lipinski definition) is 3. The topological polar surface area (TPSA) is 24.5 Å². The van der Waals surface area contributed by atoms with Crippen molar-refractivity contribution in [1.29, 1.82) is 0 Å². The molecule has 1 aromatic rings. The van der Waals surface area contributed by atoms with Crippen LogP contribution >= 0.6 is 0 Å². The summed E-state index contributed by atoms with van der Waals surface area (Å²) in [4.78, 5) is 2.40. The third-order valence-corrected chi connectivity index (χ3v) is 3.31. The fraction of sp³-hybridized carbons (Fsp3) is 0.600. The van der Waals surface area contributed by atoms with Gasteiger partial charge in [-0.15, -0.1) is 0 Å². The molecule has 3 heteroatoms. The summed E-state index contributed by atoms with van der Waals surface area (Å²) in [5.74, 6) is 0. The van der Waals surface area contributed by atoms with Gasteiger partial charge in [0.25, 0.3) is 0 Å². The van der Waals surface area contributed by atoms with E-state index < -0.39 is 0 Å². The van der Waals surface area contributed by atoms with E-state index in [1.54, 1.807) is 0 Å². The maximum absolute atomic E-state index is 5.74. The summed E-state index contributed by atoms with van der Waals surface area (Å²) in [6, 6.07) is 8.85. The lowest BCUT2D eigenvalue weighted by Crippen LogP contribution is -2.48. The average molecular weight is 248 g/mol. The van der Waals surface area contributed by atoms with Crippen LogP contribution in [0.15, 0.2) is 24.3 Å². The fourth-order valence-electron chi connectivity index (χ4n) is 2.33. The average Bonchev–Trinajstić information content (AvgIpc) is 2.36. The van der Waals surface area contributed by atoms with Gasteiger partial charge in [0.15, 0.2) is 0 Å². The van der Waals surface area contributed by atoms with E-state index in [-0.39, 0.29) is 5.60 Å². The quantitative estimate of drug-likeness (QED) is 0.885. The standard InChI is InChI=1S/C15H24N2O/c1-4-16-11-13-5-7-14(8-6-13)17-9-10-18-15(2,3)12-17/h5-8,16H,4,9-12H2,1-3H3. The number of nitrogens with one attached hydrogen (secondary N) is 1. The monoisotopic (exact) mass is 248 g/mol. The second kappa shape index (κ2) is 5.72. The van der Waals surface area contributed by atoms with Gasteiger partial charge in [-0.05, 0) is 38.1 Å². The van der Waals surface area contributed by atoms with Gasteiger partial charge in [-0.2, -0.15) is 0 Å². The van der Waals surface area contributed by atoms with Crippen molar-refractivity contribution in [1.82, 2.24) is 5.32 Å². The molecule has 0 atom stereocenters. The Morgan fingerprint density at radius 1 is 1.28 bits per heavy atom. The number of morpholine rings is 1. The van der Waals surface area contributed by atoms with Crippen LogP contribution in [0.4, 0.5) is 5.69 Å². The van der Waals surface area contributed by atoms with E-state index in [0.29, 0.717) is 0 Å². The first-order valence-corrected chi connectivity index (χ1v) is 6.79. The molecular weight excluding hydrogens is 224 g/mol. The molecule has 1 N–H and O–H groups in total. The molecule has 0 aliphatic carbocycles. The summed E-state index contributed by atoms with van der Waals surface area (Å²) in [7, 11) is 0. The van der Waals surface area contributed by atoms with Crippen molar-refractivity contribution >= 4 is 5.69 Å². The number of anilines is 1. The van der Waals surface area contributed by atoms with Crippen LogP contribution in [0, 0.1) is 0 Å². The molecule has 0 saturated carbocycles. The Bertz CT molecular complexity index is 373. The summed E-state index contributed by atoms with van der Waals surface area (Å²) in [6.45, 7) is 11.1. The Morgan fingerprint density at radius 2 is 2.00 bits per heavy atom. The molecule has 0 spiro atoms. The smallest absolute Gasteiger partial charge is 0.0801 e. The van der Waals surface area contributed by atoms with Crippen molar-refractivity contribution in [3.63, 3.8) is 0 Å². The maximum Gasteiger partial charge on any atom is 0.0801 e. The van der Waals surface area contributed by atoms with Crippen LogP contribution in [0.25, 0.3) is 0 Å². The van der Waals surface area contributed by atoms with Crippen molar-refractivity contribution < 1.29 is 4.74 Å². The van der Waals surface area contributed by atoms with E-state index in [2.05, 4.69) is 55.3 Å². The highest BCUT2D eigenvalue weighted by Crippen LogP contribution is 2.23. The first kappa shape index (κ1) is 13.4. The second-order valence-electron chi connectivity index (χ2n) is 5.48. The van der Waals surface area contributed by atoms with E-state index in [4.69, 9.17) is 4.74 Å². The Morgan fingerprint density at radius 3 is 2.61 bits per heavy atom. The van der Waals surface area contributed by atoms with Crippen molar-refractivity contribution in [2.75, 3.05) is 31.1 Å².